The first-order valence-electron chi connectivity index (χ1n) is 11.4. The Kier molecular flexibility index (Phi) is 5.16. The Hall–Kier alpha value is -1.26. The quantitative estimate of drug-likeness (QED) is 0.721. The van der Waals surface area contributed by atoms with E-state index in [0.717, 1.165) is 69.5 Å². The fourth-order valence-corrected chi connectivity index (χ4v) is 6.87. The van der Waals surface area contributed by atoms with Crippen molar-refractivity contribution in [2.75, 3.05) is 26.7 Å². The summed E-state index contributed by atoms with van der Waals surface area (Å²) < 4.78 is 5.49. The number of amides is 2. The second kappa shape index (κ2) is 7.21. The summed E-state index contributed by atoms with van der Waals surface area (Å²) in [6.45, 7) is 8.02. The van der Waals surface area contributed by atoms with E-state index in [1.54, 1.807) is 0 Å². The average molecular weight is 391 g/mol. The normalized spacial score (nSPS) is 35.1. The van der Waals surface area contributed by atoms with E-state index in [4.69, 9.17) is 4.74 Å². The van der Waals surface area contributed by atoms with Crippen molar-refractivity contribution in [3.63, 3.8) is 0 Å². The molecule has 5 nitrogen and oxygen atoms in total. The first-order chi connectivity index (χ1) is 13.1. The van der Waals surface area contributed by atoms with E-state index in [2.05, 4.69) is 0 Å². The van der Waals surface area contributed by atoms with Gasteiger partial charge in [0.1, 0.15) is 5.60 Å². The zero-order valence-corrected chi connectivity index (χ0v) is 18.2. The van der Waals surface area contributed by atoms with Crippen LogP contribution in [-0.2, 0) is 9.53 Å². The van der Waals surface area contributed by atoms with Gasteiger partial charge in [-0.15, -0.1) is 0 Å². The monoisotopic (exact) mass is 390 g/mol. The molecule has 0 N–H and O–H groups in total. The van der Waals surface area contributed by atoms with Gasteiger partial charge in [0.15, 0.2) is 0 Å². The Morgan fingerprint density at radius 2 is 1.50 bits per heavy atom. The molecule has 5 rings (SSSR count). The number of carbonyl (C=O) groups is 2. The van der Waals surface area contributed by atoms with Crippen LogP contribution in [0, 0.1) is 29.1 Å². The first-order valence-corrected chi connectivity index (χ1v) is 11.4. The topological polar surface area (TPSA) is 49.9 Å². The standard InChI is InChI=1S/C23H38N2O3/c1-22(2,3)28-21(27)25-7-5-16(6-8-25)15-24(4)20(26)23-12-17-9-18(13-23)11-19(10-17)14-23/h16-19H,5-15H2,1-4H3. The highest BCUT2D eigenvalue weighted by molar-refractivity contribution is 5.83. The van der Waals surface area contributed by atoms with Gasteiger partial charge < -0.3 is 14.5 Å². The molecule has 5 heteroatoms. The molecule has 4 saturated carbocycles. The molecule has 4 aliphatic carbocycles. The molecule has 1 aliphatic heterocycles. The minimum absolute atomic E-state index is 0.0410. The Morgan fingerprint density at radius 1 is 1.00 bits per heavy atom. The molecular weight excluding hydrogens is 352 g/mol. The SMILES string of the molecule is CN(CC1CCN(C(=O)OC(C)(C)C)CC1)C(=O)C12CC3CC(CC(C3)C1)C2. The van der Waals surface area contributed by atoms with Crippen LogP contribution in [0.3, 0.4) is 0 Å². The molecule has 0 atom stereocenters. The summed E-state index contributed by atoms with van der Waals surface area (Å²) >= 11 is 0. The van der Waals surface area contributed by atoms with Crippen molar-refractivity contribution < 1.29 is 14.3 Å². The minimum Gasteiger partial charge on any atom is -0.444 e. The van der Waals surface area contributed by atoms with Gasteiger partial charge in [-0.2, -0.15) is 0 Å². The number of ether oxygens (including phenoxy) is 1. The third-order valence-corrected chi connectivity index (χ3v) is 7.64. The lowest BCUT2D eigenvalue weighted by Gasteiger charge is -2.56. The Labute approximate surface area is 170 Å². The largest absolute Gasteiger partial charge is 0.444 e. The molecule has 0 spiro atoms. The molecule has 0 aromatic rings. The number of hydrogen-bond donors (Lipinski definition) is 0. The zero-order chi connectivity index (χ0) is 20.1. The Balaban J connectivity index is 1.29. The minimum atomic E-state index is -0.446. The highest BCUT2D eigenvalue weighted by atomic mass is 16.6. The van der Waals surface area contributed by atoms with Crippen molar-refractivity contribution in [1.82, 2.24) is 9.80 Å². The van der Waals surface area contributed by atoms with Gasteiger partial charge in [-0.1, -0.05) is 0 Å². The van der Waals surface area contributed by atoms with E-state index in [1.165, 1.54) is 19.3 Å². The molecule has 0 radical (unpaired) electrons. The van der Waals surface area contributed by atoms with E-state index < -0.39 is 5.60 Å². The molecule has 0 unspecified atom stereocenters. The van der Waals surface area contributed by atoms with E-state index in [1.807, 2.05) is 37.6 Å². The van der Waals surface area contributed by atoms with Gasteiger partial charge in [0.2, 0.25) is 5.91 Å². The molecule has 28 heavy (non-hydrogen) atoms. The van der Waals surface area contributed by atoms with Gasteiger partial charge in [0.05, 0.1) is 5.41 Å². The van der Waals surface area contributed by atoms with Crippen LogP contribution >= 0.6 is 0 Å². The van der Waals surface area contributed by atoms with Crippen molar-refractivity contribution in [2.24, 2.45) is 29.1 Å². The summed E-state index contributed by atoms with van der Waals surface area (Å²) in [5, 5.41) is 0. The Morgan fingerprint density at radius 3 is 1.96 bits per heavy atom. The second-order valence-electron chi connectivity index (χ2n) is 11.3. The van der Waals surface area contributed by atoms with Crippen LogP contribution in [0.4, 0.5) is 4.79 Å². The molecule has 0 aromatic heterocycles. The summed E-state index contributed by atoms with van der Waals surface area (Å²) in [4.78, 5) is 29.6. The van der Waals surface area contributed by atoms with Crippen molar-refractivity contribution in [3.05, 3.63) is 0 Å². The number of rotatable bonds is 3. The van der Waals surface area contributed by atoms with Crippen LogP contribution in [0.2, 0.25) is 0 Å². The Bertz CT molecular complexity index is 581. The summed E-state index contributed by atoms with van der Waals surface area (Å²) in [5.74, 6) is 3.32. The molecule has 0 aromatic carbocycles. The molecule has 2 amide bonds. The highest BCUT2D eigenvalue weighted by Gasteiger charge is 2.55. The third kappa shape index (κ3) is 4.04. The van der Waals surface area contributed by atoms with Crippen LogP contribution in [0.5, 0.6) is 0 Å². The predicted molar refractivity (Wildman–Crippen MR) is 109 cm³/mol. The van der Waals surface area contributed by atoms with Crippen LogP contribution in [0.15, 0.2) is 0 Å². The van der Waals surface area contributed by atoms with E-state index >= 15 is 0 Å². The van der Waals surface area contributed by atoms with E-state index in [9.17, 15) is 9.59 Å². The van der Waals surface area contributed by atoms with Gasteiger partial charge in [-0.05, 0) is 95.8 Å². The van der Waals surface area contributed by atoms with Crippen LogP contribution in [0.1, 0.15) is 72.1 Å². The van der Waals surface area contributed by atoms with Crippen molar-refractivity contribution in [2.45, 2.75) is 77.7 Å². The third-order valence-electron chi connectivity index (χ3n) is 7.64. The van der Waals surface area contributed by atoms with Gasteiger partial charge in [0, 0.05) is 26.7 Å². The van der Waals surface area contributed by atoms with Gasteiger partial charge in [-0.3, -0.25) is 4.79 Å². The summed E-state index contributed by atoms with van der Waals surface area (Å²) in [5.41, 5.74) is -0.487. The first kappa shape index (κ1) is 20.0. The smallest absolute Gasteiger partial charge is 0.410 e. The van der Waals surface area contributed by atoms with Crippen LogP contribution in [0.25, 0.3) is 0 Å². The maximum absolute atomic E-state index is 13.4. The van der Waals surface area contributed by atoms with Gasteiger partial charge >= 0.3 is 6.09 Å². The van der Waals surface area contributed by atoms with Crippen LogP contribution in [-0.4, -0.2) is 54.1 Å². The molecule has 1 heterocycles. The van der Waals surface area contributed by atoms with E-state index in [-0.39, 0.29) is 11.5 Å². The van der Waals surface area contributed by atoms with Crippen molar-refractivity contribution in [1.29, 1.82) is 0 Å². The number of nitrogens with zero attached hydrogens (tertiary/aromatic N) is 2. The number of likely N-dealkylation sites (tertiary alicyclic amines) is 1. The molecular formula is C23H38N2O3. The summed E-state index contributed by atoms with van der Waals surface area (Å²) in [6.07, 6.45) is 9.25. The fraction of sp³-hybridized carbons (Fsp3) is 0.913. The highest BCUT2D eigenvalue weighted by Crippen LogP contribution is 2.60. The maximum Gasteiger partial charge on any atom is 0.410 e. The number of hydrogen-bond acceptors (Lipinski definition) is 3. The molecule has 5 fully saturated rings. The van der Waals surface area contributed by atoms with E-state index in [0.29, 0.717) is 11.8 Å². The lowest BCUT2D eigenvalue weighted by Crippen LogP contribution is -2.54. The molecule has 1 saturated heterocycles. The molecule has 4 bridgehead atoms. The molecule has 5 aliphatic rings. The fourth-order valence-electron chi connectivity index (χ4n) is 6.87. The summed E-state index contributed by atoms with van der Waals surface area (Å²) in [6, 6.07) is 0. The van der Waals surface area contributed by atoms with Gasteiger partial charge in [-0.25, -0.2) is 4.79 Å². The zero-order valence-electron chi connectivity index (χ0n) is 18.2. The average Bonchev–Trinajstić information content (AvgIpc) is 2.59. The maximum atomic E-state index is 13.4. The lowest BCUT2D eigenvalue weighted by molar-refractivity contribution is -0.157. The number of piperidine rings is 1. The summed E-state index contributed by atoms with van der Waals surface area (Å²) in [7, 11) is 2.02. The number of carbonyl (C=O) groups excluding carboxylic acids is 2. The predicted octanol–water partition coefficient (Wildman–Crippen LogP) is 4.31. The second-order valence-corrected chi connectivity index (χ2v) is 11.3. The molecule has 158 valence electrons. The lowest BCUT2D eigenvalue weighted by atomic mass is 9.49. The van der Waals surface area contributed by atoms with Crippen LogP contribution < -0.4 is 0 Å². The van der Waals surface area contributed by atoms with Crippen molar-refractivity contribution in [3.8, 4) is 0 Å². The van der Waals surface area contributed by atoms with Crippen molar-refractivity contribution >= 4 is 12.0 Å². The van der Waals surface area contributed by atoms with Gasteiger partial charge in [0.25, 0.3) is 0 Å².